The first-order valence-electron chi connectivity index (χ1n) is 6.64. The van der Waals surface area contributed by atoms with E-state index in [0.29, 0.717) is 6.61 Å². The van der Waals surface area contributed by atoms with Gasteiger partial charge >= 0.3 is 12.1 Å². The smallest absolute Gasteiger partial charge is 0.405 e. The van der Waals surface area contributed by atoms with E-state index < -0.39 is 17.1 Å². The summed E-state index contributed by atoms with van der Waals surface area (Å²) in [4.78, 5) is 21.4. The molecule has 1 aliphatic carbocycles. The molecule has 0 aromatic carbocycles. The largest absolute Gasteiger partial charge is 0.466 e. The number of nitriles is 1. The standard InChI is InChI=1S/C9H13NO2.C5H11NO2/c1-3-12-8(11)9(4-5-9)7(2)6-10;1-5(2,3)8-4(6)7/h7H,3-5H2,1-2H3;1-3H3,(H2,6,7). The maximum Gasteiger partial charge on any atom is 0.405 e. The lowest BCUT2D eigenvalue weighted by molar-refractivity contribution is -0.151. The maximum absolute atomic E-state index is 11.4. The van der Waals surface area contributed by atoms with Crippen molar-refractivity contribution in [1.82, 2.24) is 0 Å². The Morgan fingerprint density at radius 2 is 1.90 bits per heavy atom. The first-order chi connectivity index (χ1) is 9.09. The van der Waals surface area contributed by atoms with Crippen LogP contribution in [-0.4, -0.2) is 24.3 Å². The maximum atomic E-state index is 11.4. The SMILES string of the molecule is CC(C)(C)OC(N)=O.CCOC(=O)C1(C(C)C#N)CC1. The number of esters is 1. The molecule has 0 aromatic heterocycles. The van der Waals surface area contributed by atoms with Crippen LogP contribution in [0, 0.1) is 22.7 Å². The van der Waals surface area contributed by atoms with Crippen LogP contribution >= 0.6 is 0 Å². The molecule has 1 fully saturated rings. The van der Waals surface area contributed by atoms with Gasteiger partial charge in [0.2, 0.25) is 0 Å². The average Bonchev–Trinajstić information content (AvgIpc) is 3.07. The number of carbonyl (C=O) groups is 2. The quantitative estimate of drug-likeness (QED) is 0.801. The number of hydrogen-bond donors (Lipinski definition) is 1. The van der Waals surface area contributed by atoms with E-state index >= 15 is 0 Å². The van der Waals surface area contributed by atoms with Crippen LogP contribution in [0.5, 0.6) is 0 Å². The number of nitrogens with two attached hydrogens (primary N) is 1. The van der Waals surface area contributed by atoms with Gasteiger partial charge in [0.25, 0.3) is 0 Å². The minimum Gasteiger partial charge on any atom is -0.466 e. The lowest BCUT2D eigenvalue weighted by atomic mass is 9.92. The minimum absolute atomic E-state index is 0.195. The lowest BCUT2D eigenvalue weighted by Crippen LogP contribution is -2.27. The third-order valence-electron chi connectivity index (χ3n) is 2.90. The van der Waals surface area contributed by atoms with E-state index in [9.17, 15) is 9.59 Å². The minimum atomic E-state index is -0.725. The molecular weight excluding hydrogens is 260 g/mol. The summed E-state index contributed by atoms with van der Waals surface area (Å²) in [6.45, 7) is 9.25. The van der Waals surface area contributed by atoms with Crippen LogP contribution in [-0.2, 0) is 14.3 Å². The van der Waals surface area contributed by atoms with Gasteiger partial charge in [-0.05, 0) is 47.5 Å². The Morgan fingerprint density at radius 3 is 2.10 bits per heavy atom. The van der Waals surface area contributed by atoms with Gasteiger partial charge in [0.05, 0.1) is 24.0 Å². The van der Waals surface area contributed by atoms with Crippen molar-refractivity contribution in [2.45, 2.75) is 53.1 Å². The van der Waals surface area contributed by atoms with E-state index in [1.807, 2.05) is 0 Å². The van der Waals surface area contributed by atoms with Crippen molar-refractivity contribution in [3.63, 3.8) is 0 Å². The monoisotopic (exact) mass is 284 g/mol. The summed E-state index contributed by atoms with van der Waals surface area (Å²) in [5, 5.41) is 8.67. The zero-order valence-electron chi connectivity index (χ0n) is 12.9. The van der Waals surface area contributed by atoms with Crippen molar-refractivity contribution >= 4 is 12.1 Å². The fourth-order valence-electron chi connectivity index (χ4n) is 1.65. The molecule has 1 amide bonds. The fourth-order valence-corrected chi connectivity index (χ4v) is 1.65. The average molecular weight is 284 g/mol. The molecule has 0 aromatic rings. The molecule has 1 saturated carbocycles. The highest BCUT2D eigenvalue weighted by Gasteiger charge is 2.55. The lowest BCUT2D eigenvalue weighted by Gasteiger charge is -2.16. The molecule has 0 saturated heterocycles. The molecule has 0 aliphatic heterocycles. The van der Waals surface area contributed by atoms with Crippen LogP contribution in [0.1, 0.15) is 47.5 Å². The second-order valence-electron chi connectivity index (χ2n) is 5.76. The van der Waals surface area contributed by atoms with Crippen molar-refractivity contribution in [1.29, 1.82) is 5.26 Å². The van der Waals surface area contributed by atoms with Crippen LogP contribution in [0.4, 0.5) is 4.79 Å². The molecule has 1 aliphatic rings. The Bertz CT molecular complexity index is 389. The molecule has 0 bridgehead atoms. The summed E-state index contributed by atoms with van der Waals surface area (Å²) in [6, 6.07) is 2.11. The highest BCUT2D eigenvalue weighted by molar-refractivity contribution is 5.80. The molecule has 0 radical (unpaired) electrons. The van der Waals surface area contributed by atoms with E-state index in [-0.39, 0.29) is 11.9 Å². The zero-order chi connectivity index (χ0) is 16.0. The molecular formula is C14H24N2O4. The molecule has 0 spiro atoms. The number of ether oxygens (including phenoxy) is 2. The number of hydrogen-bond acceptors (Lipinski definition) is 5. The Kier molecular flexibility index (Phi) is 6.50. The van der Waals surface area contributed by atoms with Crippen LogP contribution in [0.25, 0.3) is 0 Å². The molecule has 1 atom stereocenters. The highest BCUT2D eigenvalue weighted by Crippen LogP contribution is 2.52. The van der Waals surface area contributed by atoms with Gasteiger partial charge in [0.1, 0.15) is 5.60 Å². The van der Waals surface area contributed by atoms with E-state index in [1.54, 1.807) is 34.6 Å². The first-order valence-corrected chi connectivity index (χ1v) is 6.64. The summed E-state index contributed by atoms with van der Waals surface area (Å²) in [5.41, 5.74) is 3.81. The first kappa shape index (κ1) is 18.2. The van der Waals surface area contributed by atoms with Crippen molar-refractivity contribution < 1.29 is 19.1 Å². The molecule has 1 rings (SSSR count). The third-order valence-corrected chi connectivity index (χ3v) is 2.90. The molecule has 2 N–H and O–H groups in total. The van der Waals surface area contributed by atoms with Crippen molar-refractivity contribution in [2.24, 2.45) is 17.1 Å². The van der Waals surface area contributed by atoms with E-state index in [2.05, 4.69) is 10.8 Å². The van der Waals surface area contributed by atoms with Crippen LogP contribution in [0.3, 0.4) is 0 Å². The molecule has 6 heteroatoms. The summed E-state index contributed by atoms with van der Waals surface area (Å²) >= 11 is 0. The summed E-state index contributed by atoms with van der Waals surface area (Å²) in [5.74, 6) is -0.407. The number of rotatable bonds is 3. The number of primary amides is 1. The molecule has 1 unspecified atom stereocenters. The Balaban J connectivity index is 0.000000396. The highest BCUT2D eigenvalue weighted by atomic mass is 16.6. The number of nitrogens with zero attached hydrogens (tertiary/aromatic N) is 1. The predicted octanol–water partition coefficient (Wildman–Crippen LogP) is 2.37. The van der Waals surface area contributed by atoms with Gasteiger partial charge in [-0.15, -0.1) is 0 Å². The van der Waals surface area contributed by atoms with E-state index in [0.717, 1.165) is 12.8 Å². The Morgan fingerprint density at radius 1 is 1.40 bits per heavy atom. The van der Waals surface area contributed by atoms with Crippen molar-refractivity contribution in [2.75, 3.05) is 6.61 Å². The zero-order valence-corrected chi connectivity index (χ0v) is 12.9. The van der Waals surface area contributed by atoms with Crippen LogP contribution < -0.4 is 5.73 Å². The third kappa shape index (κ3) is 5.91. The van der Waals surface area contributed by atoms with Crippen molar-refractivity contribution in [3.05, 3.63) is 0 Å². The van der Waals surface area contributed by atoms with Crippen LogP contribution in [0.15, 0.2) is 0 Å². The van der Waals surface area contributed by atoms with E-state index in [4.69, 9.17) is 15.7 Å². The fraction of sp³-hybridized carbons (Fsp3) is 0.786. The van der Waals surface area contributed by atoms with Gasteiger partial charge in [-0.2, -0.15) is 5.26 Å². The van der Waals surface area contributed by atoms with Gasteiger partial charge < -0.3 is 15.2 Å². The molecule has 6 nitrogen and oxygen atoms in total. The Labute approximate surface area is 120 Å². The van der Waals surface area contributed by atoms with Gasteiger partial charge in [-0.25, -0.2) is 4.79 Å². The Hall–Kier alpha value is -1.77. The molecule has 20 heavy (non-hydrogen) atoms. The van der Waals surface area contributed by atoms with Gasteiger partial charge in [-0.3, -0.25) is 4.79 Å². The normalized spacial score (nSPS) is 16.8. The predicted molar refractivity (Wildman–Crippen MR) is 73.5 cm³/mol. The second kappa shape index (κ2) is 7.13. The van der Waals surface area contributed by atoms with Gasteiger partial charge in [-0.1, -0.05) is 0 Å². The summed E-state index contributed by atoms with van der Waals surface area (Å²) in [7, 11) is 0. The van der Waals surface area contributed by atoms with Gasteiger partial charge in [0, 0.05) is 0 Å². The molecule has 114 valence electrons. The molecule has 0 heterocycles. The van der Waals surface area contributed by atoms with Gasteiger partial charge in [0.15, 0.2) is 0 Å². The summed E-state index contributed by atoms with van der Waals surface area (Å²) in [6.07, 6.45) is 0.888. The second-order valence-corrected chi connectivity index (χ2v) is 5.76. The van der Waals surface area contributed by atoms with Crippen molar-refractivity contribution in [3.8, 4) is 6.07 Å². The number of amides is 1. The topological polar surface area (TPSA) is 102 Å². The van der Waals surface area contributed by atoms with E-state index in [1.165, 1.54) is 0 Å². The number of carbonyl (C=O) groups excluding carboxylic acids is 2. The summed E-state index contributed by atoms with van der Waals surface area (Å²) < 4.78 is 9.48. The van der Waals surface area contributed by atoms with Crippen LogP contribution in [0.2, 0.25) is 0 Å².